The van der Waals surface area contributed by atoms with E-state index in [1.165, 1.54) is 12.1 Å². The summed E-state index contributed by atoms with van der Waals surface area (Å²) in [7, 11) is 0. The standard InChI is InChI=1S/C13H17BrFNO/c14-12-2-1-10(15)7-9(12)8-13(17)5-3-11(16)4-6-13/h1-2,7,11,17H,3-6,8,16H2. The van der Waals surface area contributed by atoms with E-state index in [0.717, 1.165) is 22.9 Å². The van der Waals surface area contributed by atoms with E-state index in [4.69, 9.17) is 5.73 Å². The Morgan fingerprint density at radius 2 is 2.06 bits per heavy atom. The molecule has 1 aromatic carbocycles. The minimum absolute atomic E-state index is 0.200. The first-order valence-corrected chi connectivity index (χ1v) is 6.70. The maximum absolute atomic E-state index is 13.2. The Morgan fingerprint density at radius 1 is 1.41 bits per heavy atom. The predicted molar refractivity (Wildman–Crippen MR) is 69.2 cm³/mol. The second-order valence-electron chi connectivity index (χ2n) is 4.97. The van der Waals surface area contributed by atoms with Gasteiger partial charge in [0.2, 0.25) is 0 Å². The first-order valence-electron chi connectivity index (χ1n) is 5.90. The smallest absolute Gasteiger partial charge is 0.123 e. The van der Waals surface area contributed by atoms with Crippen LogP contribution in [0.1, 0.15) is 31.2 Å². The van der Waals surface area contributed by atoms with Crippen molar-refractivity contribution in [1.82, 2.24) is 0 Å². The molecule has 2 rings (SSSR count). The third-order valence-corrected chi connectivity index (χ3v) is 4.26. The number of aliphatic hydroxyl groups is 1. The van der Waals surface area contributed by atoms with Gasteiger partial charge >= 0.3 is 0 Å². The molecule has 1 aromatic rings. The van der Waals surface area contributed by atoms with Gasteiger partial charge in [0.1, 0.15) is 5.82 Å². The predicted octanol–water partition coefficient (Wildman–Crippen LogP) is 2.76. The van der Waals surface area contributed by atoms with Gasteiger partial charge < -0.3 is 10.8 Å². The van der Waals surface area contributed by atoms with Gasteiger partial charge in [0.05, 0.1) is 5.60 Å². The molecule has 1 aliphatic carbocycles. The molecule has 4 heteroatoms. The SMILES string of the molecule is NC1CCC(O)(Cc2cc(F)ccc2Br)CC1. The lowest BCUT2D eigenvalue weighted by Crippen LogP contribution is -2.40. The van der Waals surface area contributed by atoms with Crippen molar-refractivity contribution < 1.29 is 9.50 Å². The van der Waals surface area contributed by atoms with Crippen LogP contribution < -0.4 is 5.73 Å². The molecule has 0 bridgehead atoms. The van der Waals surface area contributed by atoms with E-state index in [1.54, 1.807) is 6.07 Å². The number of halogens is 2. The zero-order valence-corrected chi connectivity index (χ0v) is 11.2. The van der Waals surface area contributed by atoms with Crippen molar-refractivity contribution in [2.24, 2.45) is 5.73 Å². The van der Waals surface area contributed by atoms with Crippen molar-refractivity contribution >= 4 is 15.9 Å². The van der Waals surface area contributed by atoms with Gasteiger partial charge in [-0.25, -0.2) is 4.39 Å². The molecule has 0 aromatic heterocycles. The Bertz CT molecular complexity index is 402. The van der Waals surface area contributed by atoms with Crippen LogP contribution in [-0.4, -0.2) is 16.7 Å². The lowest BCUT2D eigenvalue weighted by molar-refractivity contribution is 0.0000389. The topological polar surface area (TPSA) is 46.2 Å². The fourth-order valence-corrected chi connectivity index (χ4v) is 2.77. The molecule has 0 spiro atoms. The summed E-state index contributed by atoms with van der Waals surface area (Å²) < 4.78 is 14.0. The normalized spacial score (nSPS) is 29.3. The van der Waals surface area contributed by atoms with E-state index in [9.17, 15) is 9.50 Å². The van der Waals surface area contributed by atoms with Crippen molar-refractivity contribution in [3.8, 4) is 0 Å². The van der Waals surface area contributed by atoms with Crippen molar-refractivity contribution in [2.45, 2.75) is 43.7 Å². The summed E-state index contributed by atoms with van der Waals surface area (Å²) in [4.78, 5) is 0. The van der Waals surface area contributed by atoms with Crippen LogP contribution >= 0.6 is 15.9 Å². The van der Waals surface area contributed by atoms with Gasteiger partial charge in [-0.05, 0) is 49.4 Å². The van der Waals surface area contributed by atoms with E-state index in [-0.39, 0.29) is 11.9 Å². The fraction of sp³-hybridized carbons (Fsp3) is 0.538. The van der Waals surface area contributed by atoms with Crippen LogP contribution in [0.5, 0.6) is 0 Å². The van der Waals surface area contributed by atoms with Crippen molar-refractivity contribution in [1.29, 1.82) is 0 Å². The zero-order valence-electron chi connectivity index (χ0n) is 9.63. The molecule has 1 fully saturated rings. The van der Waals surface area contributed by atoms with E-state index in [0.29, 0.717) is 19.3 Å². The number of benzene rings is 1. The first-order chi connectivity index (χ1) is 7.98. The molecular weight excluding hydrogens is 285 g/mol. The van der Waals surface area contributed by atoms with Gasteiger partial charge in [-0.15, -0.1) is 0 Å². The molecule has 3 N–H and O–H groups in total. The Morgan fingerprint density at radius 3 is 2.71 bits per heavy atom. The molecule has 1 saturated carbocycles. The Labute approximate surface area is 109 Å². The summed E-state index contributed by atoms with van der Waals surface area (Å²) in [5, 5.41) is 10.5. The van der Waals surface area contributed by atoms with Gasteiger partial charge in [0.25, 0.3) is 0 Å². The Kier molecular flexibility index (Phi) is 3.85. The van der Waals surface area contributed by atoms with Crippen molar-refractivity contribution in [3.05, 3.63) is 34.1 Å². The molecule has 0 unspecified atom stereocenters. The third kappa shape index (κ3) is 3.27. The minimum atomic E-state index is -0.730. The summed E-state index contributed by atoms with van der Waals surface area (Å²) in [5.74, 6) is -0.265. The minimum Gasteiger partial charge on any atom is -0.390 e. The van der Waals surface area contributed by atoms with Gasteiger partial charge in [-0.3, -0.25) is 0 Å². The number of rotatable bonds is 2. The molecule has 0 amide bonds. The van der Waals surface area contributed by atoms with Crippen LogP contribution in [-0.2, 0) is 6.42 Å². The Hall–Kier alpha value is -0.450. The highest BCUT2D eigenvalue weighted by Crippen LogP contribution is 2.32. The lowest BCUT2D eigenvalue weighted by atomic mass is 9.79. The highest BCUT2D eigenvalue weighted by atomic mass is 79.9. The van der Waals surface area contributed by atoms with Crippen LogP contribution in [0.25, 0.3) is 0 Å². The van der Waals surface area contributed by atoms with Crippen LogP contribution in [0.2, 0.25) is 0 Å². The second-order valence-corrected chi connectivity index (χ2v) is 5.83. The van der Waals surface area contributed by atoms with Gasteiger partial charge in [0.15, 0.2) is 0 Å². The summed E-state index contributed by atoms with van der Waals surface area (Å²) in [5.41, 5.74) is 5.92. The molecule has 94 valence electrons. The maximum atomic E-state index is 13.2. The molecule has 17 heavy (non-hydrogen) atoms. The number of hydrogen-bond donors (Lipinski definition) is 2. The molecule has 0 atom stereocenters. The monoisotopic (exact) mass is 301 g/mol. The maximum Gasteiger partial charge on any atom is 0.123 e. The number of hydrogen-bond acceptors (Lipinski definition) is 2. The van der Waals surface area contributed by atoms with Crippen molar-refractivity contribution in [2.75, 3.05) is 0 Å². The second kappa shape index (κ2) is 5.04. The third-order valence-electron chi connectivity index (χ3n) is 3.49. The van der Waals surface area contributed by atoms with Crippen LogP contribution in [0, 0.1) is 5.82 Å². The molecule has 0 heterocycles. The molecular formula is C13H17BrFNO. The van der Waals surface area contributed by atoms with E-state index in [2.05, 4.69) is 15.9 Å². The average molecular weight is 302 g/mol. The summed E-state index contributed by atoms with van der Waals surface area (Å²) in [6.45, 7) is 0. The number of nitrogens with two attached hydrogens (primary N) is 1. The van der Waals surface area contributed by atoms with Crippen LogP contribution in [0.3, 0.4) is 0 Å². The highest BCUT2D eigenvalue weighted by molar-refractivity contribution is 9.10. The molecule has 1 aliphatic rings. The average Bonchev–Trinajstić information content (AvgIpc) is 2.28. The van der Waals surface area contributed by atoms with Crippen LogP contribution in [0.15, 0.2) is 22.7 Å². The van der Waals surface area contributed by atoms with E-state index in [1.807, 2.05) is 0 Å². The highest BCUT2D eigenvalue weighted by Gasteiger charge is 2.32. The fourth-order valence-electron chi connectivity index (χ4n) is 2.39. The van der Waals surface area contributed by atoms with E-state index >= 15 is 0 Å². The lowest BCUT2D eigenvalue weighted by Gasteiger charge is -2.35. The summed E-state index contributed by atoms with van der Waals surface area (Å²) in [6.07, 6.45) is 3.54. The van der Waals surface area contributed by atoms with E-state index < -0.39 is 5.60 Å². The summed E-state index contributed by atoms with van der Waals surface area (Å²) in [6, 6.07) is 4.78. The quantitative estimate of drug-likeness (QED) is 0.882. The zero-order chi connectivity index (χ0) is 12.5. The largest absolute Gasteiger partial charge is 0.390 e. The van der Waals surface area contributed by atoms with Crippen LogP contribution in [0.4, 0.5) is 4.39 Å². The molecule has 2 nitrogen and oxygen atoms in total. The summed E-state index contributed by atoms with van der Waals surface area (Å²) >= 11 is 3.39. The molecule has 0 radical (unpaired) electrons. The van der Waals surface area contributed by atoms with Crippen molar-refractivity contribution in [3.63, 3.8) is 0 Å². The van der Waals surface area contributed by atoms with Gasteiger partial charge in [0, 0.05) is 16.9 Å². The van der Waals surface area contributed by atoms with Gasteiger partial charge in [-0.1, -0.05) is 15.9 Å². The Balaban J connectivity index is 2.12. The van der Waals surface area contributed by atoms with Gasteiger partial charge in [-0.2, -0.15) is 0 Å². The molecule has 0 aliphatic heterocycles. The first kappa shape index (κ1) is 13.0. The molecule has 0 saturated heterocycles.